The SMILES string of the molecule is CC(C)c1cc2cccc(Cl)c2c(=O)n1-c1cc#ccc1. The quantitative estimate of drug-likeness (QED) is 0.688. The molecule has 0 saturated carbocycles. The van der Waals surface area contributed by atoms with Crippen molar-refractivity contribution >= 4 is 22.4 Å². The molecule has 1 aromatic heterocycles. The van der Waals surface area contributed by atoms with Crippen LogP contribution in [0, 0.1) is 12.1 Å². The zero-order valence-corrected chi connectivity index (χ0v) is 12.6. The van der Waals surface area contributed by atoms with Crippen molar-refractivity contribution in [3.05, 3.63) is 75.7 Å². The van der Waals surface area contributed by atoms with E-state index in [1.807, 2.05) is 24.3 Å². The maximum Gasteiger partial charge on any atom is 0.264 e. The van der Waals surface area contributed by atoms with Gasteiger partial charge in [0.15, 0.2) is 0 Å². The van der Waals surface area contributed by atoms with Crippen molar-refractivity contribution in [2.45, 2.75) is 19.8 Å². The Morgan fingerprint density at radius 3 is 2.67 bits per heavy atom. The van der Waals surface area contributed by atoms with E-state index in [4.69, 9.17) is 11.6 Å². The van der Waals surface area contributed by atoms with Gasteiger partial charge in [-0.2, -0.15) is 0 Å². The predicted molar refractivity (Wildman–Crippen MR) is 86.3 cm³/mol. The van der Waals surface area contributed by atoms with Crippen molar-refractivity contribution in [1.29, 1.82) is 0 Å². The highest BCUT2D eigenvalue weighted by molar-refractivity contribution is 6.35. The van der Waals surface area contributed by atoms with Gasteiger partial charge in [-0.25, -0.2) is 0 Å². The number of halogens is 1. The van der Waals surface area contributed by atoms with Crippen molar-refractivity contribution in [2.24, 2.45) is 0 Å². The molecule has 0 amide bonds. The van der Waals surface area contributed by atoms with Gasteiger partial charge in [-0.15, -0.1) is 0 Å². The number of fused-ring (bicyclic) bond motifs is 1. The van der Waals surface area contributed by atoms with E-state index >= 15 is 0 Å². The first kappa shape index (κ1) is 13.7. The van der Waals surface area contributed by atoms with Gasteiger partial charge >= 0.3 is 0 Å². The third-order valence-electron chi connectivity index (χ3n) is 3.51. The van der Waals surface area contributed by atoms with Crippen LogP contribution in [0.1, 0.15) is 25.5 Å². The van der Waals surface area contributed by atoms with Crippen molar-refractivity contribution in [3.63, 3.8) is 0 Å². The largest absolute Gasteiger partial charge is 0.280 e. The van der Waals surface area contributed by atoms with Gasteiger partial charge in [0.05, 0.1) is 16.1 Å². The Bertz CT molecular complexity index is 850. The van der Waals surface area contributed by atoms with Gasteiger partial charge in [0.2, 0.25) is 0 Å². The van der Waals surface area contributed by atoms with Crippen LogP contribution in [-0.4, -0.2) is 4.57 Å². The fraction of sp³-hybridized carbons (Fsp3) is 0.167. The fourth-order valence-electron chi connectivity index (χ4n) is 2.51. The van der Waals surface area contributed by atoms with Gasteiger partial charge < -0.3 is 0 Å². The lowest BCUT2D eigenvalue weighted by Crippen LogP contribution is -2.23. The van der Waals surface area contributed by atoms with Gasteiger partial charge in [0, 0.05) is 11.8 Å². The Hall–Kier alpha value is -2.24. The second kappa shape index (κ2) is 5.27. The van der Waals surface area contributed by atoms with Crippen LogP contribution in [0.25, 0.3) is 16.5 Å². The van der Waals surface area contributed by atoms with E-state index in [2.05, 4.69) is 26.0 Å². The van der Waals surface area contributed by atoms with Gasteiger partial charge in [0.1, 0.15) is 0 Å². The molecular formula is C18H14ClNO. The van der Waals surface area contributed by atoms with Crippen molar-refractivity contribution in [3.8, 4) is 5.69 Å². The molecule has 0 unspecified atom stereocenters. The molecule has 2 nitrogen and oxygen atoms in total. The molecule has 0 aliphatic carbocycles. The van der Waals surface area contributed by atoms with Crippen LogP contribution >= 0.6 is 11.6 Å². The van der Waals surface area contributed by atoms with Gasteiger partial charge in [-0.3, -0.25) is 9.36 Å². The number of nitrogens with zero attached hydrogens (tertiary/aromatic N) is 1. The number of aromatic nitrogens is 1. The van der Waals surface area contributed by atoms with Crippen LogP contribution in [0.5, 0.6) is 0 Å². The molecule has 0 radical (unpaired) electrons. The minimum absolute atomic E-state index is 0.0959. The summed E-state index contributed by atoms with van der Waals surface area (Å²) >= 11 is 6.23. The van der Waals surface area contributed by atoms with E-state index in [0.29, 0.717) is 10.4 Å². The molecular weight excluding hydrogens is 282 g/mol. The summed E-state index contributed by atoms with van der Waals surface area (Å²) in [6, 6.07) is 18.7. The van der Waals surface area contributed by atoms with E-state index in [0.717, 1.165) is 16.8 Å². The Labute approximate surface area is 128 Å². The molecule has 0 aliphatic heterocycles. The van der Waals surface area contributed by atoms with Crippen LogP contribution in [0.3, 0.4) is 0 Å². The molecule has 104 valence electrons. The smallest absolute Gasteiger partial charge is 0.264 e. The Morgan fingerprint density at radius 1 is 1.19 bits per heavy atom. The van der Waals surface area contributed by atoms with Gasteiger partial charge in [-0.1, -0.05) is 49.7 Å². The second-order valence-electron chi connectivity index (χ2n) is 5.26. The zero-order valence-electron chi connectivity index (χ0n) is 11.9. The predicted octanol–water partition coefficient (Wildman–Crippen LogP) is 4.37. The van der Waals surface area contributed by atoms with E-state index in [1.54, 1.807) is 22.8 Å². The number of hydrogen-bond acceptors (Lipinski definition) is 1. The minimum atomic E-state index is -0.0959. The van der Waals surface area contributed by atoms with Crippen LogP contribution in [0.15, 0.2) is 47.3 Å². The first-order valence-corrected chi connectivity index (χ1v) is 7.19. The lowest BCUT2D eigenvalue weighted by molar-refractivity contribution is 0.765. The summed E-state index contributed by atoms with van der Waals surface area (Å²) in [5, 5.41) is 1.91. The number of hydrogen-bond donors (Lipinski definition) is 0. The number of rotatable bonds is 2. The highest BCUT2D eigenvalue weighted by Gasteiger charge is 2.15. The lowest BCUT2D eigenvalue weighted by Gasteiger charge is -2.17. The molecule has 0 spiro atoms. The summed E-state index contributed by atoms with van der Waals surface area (Å²) in [5.41, 5.74) is 1.64. The van der Waals surface area contributed by atoms with Gasteiger partial charge in [0.25, 0.3) is 5.56 Å². The average Bonchev–Trinajstić information content (AvgIpc) is 2.47. The summed E-state index contributed by atoms with van der Waals surface area (Å²) in [6.45, 7) is 4.14. The van der Waals surface area contributed by atoms with Crippen molar-refractivity contribution in [2.75, 3.05) is 0 Å². The van der Waals surface area contributed by atoms with E-state index in [1.165, 1.54) is 0 Å². The topological polar surface area (TPSA) is 22.0 Å². The molecule has 0 saturated heterocycles. The summed E-state index contributed by atoms with van der Waals surface area (Å²) in [7, 11) is 0. The summed E-state index contributed by atoms with van der Waals surface area (Å²) in [5.74, 6) is 0.213. The molecule has 0 atom stereocenters. The maximum absolute atomic E-state index is 12.9. The summed E-state index contributed by atoms with van der Waals surface area (Å²) < 4.78 is 1.71. The summed E-state index contributed by atoms with van der Waals surface area (Å²) in [4.78, 5) is 12.9. The molecule has 3 heteroatoms. The Kier molecular flexibility index (Phi) is 3.45. The van der Waals surface area contributed by atoms with Gasteiger partial charge in [-0.05, 0) is 35.6 Å². The highest BCUT2D eigenvalue weighted by atomic mass is 35.5. The zero-order chi connectivity index (χ0) is 15.0. The fourth-order valence-corrected chi connectivity index (χ4v) is 2.77. The lowest BCUT2D eigenvalue weighted by atomic mass is 10.0. The number of pyridine rings is 1. The third kappa shape index (κ3) is 2.30. The first-order chi connectivity index (χ1) is 10.1. The molecule has 21 heavy (non-hydrogen) atoms. The van der Waals surface area contributed by atoms with Crippen LogP contribution in [0.2, 0.25) is 5.02 Å². The van der Waals surface area contributed by atoms with Crippen molar-refractivity contribution in [1.82, 2.24) is 4.57 Å². The second-order valence-corrected chi connectivity index (χ2v) is 5.67. The molecule has 2 aromatic carbocycles. The van der Waals surface area contributed by atoms with Crippen LogP contribution < -0.4 is 5.56 Å². The number of benzene rings is 1. The van der Waals surface area contributed by atoms with E-state index in [9.17, 15) is 4.79 Å². The molecule has 0 N–H and O–H groups in total. The Morgan fingerprint density at radius 2 is 2.00 bits per heavy atom. The Balaban J connectivity index is 2.47. The van der Waals surface area contributed by atoms with E-state index in [-0.39, 0.29) is 11.5 Å². The van der Waals surface area contributed by atoms with E-state index < -0.39 is 0 Å². The maximum atomic E-state index is 12.9. The average molecular weight is 296 g/mol. The molecule has 0 bridgehead atoms. The molecule has 1 heterocycles. The van der Waals surface area contributed by atoms with Crippen molar-refractivity contribution < 1.29 is 0 Å². The third-order valence-corrected chi connectivity index (χ3v) is 3.83. The van der Waals surface area contributed by atoms with Crippen LogP contribution in [-0.2, 0) is 0 Å². The van der Waals surface area contributed by atoms with Crippen LogP contribution in [0.4, 0.5) is 0 Å². The first-order valence-electron chi connectivity index (χ1n) is 6.82. The highest BCUT2D eigenvalue weighted by Crippen LogP contribution is 2.25. The monoisotopic (exact) mass is 295 g/mol. The summed E-state index contributed by atoms with van der Waals surface area (Å²) in [6.07, 6.45) is 0. The molecule has 3 aromatic rings. The minimum Gasteiger partial charge on any atom is -0.280 e. The standard InChI is InChI=1S/C18H14ClNO/c1-12(2)16-11-13-7-6-10-15(19)17(13)18(21)20(16)14-8-4-3-5-9-14/h4,6-12H,1-2H3. The molecule has 0 aliphatic rings. The normalized spacial score (nSPS) is 10.9. The molecule has 0 fully saturated rings. The molecule has 3 rings (SSSR count).